The number of carbonyl (C=O) groups excluding carboxylic acids is 1. The number of nitrogens with zero attached hydrogens (tertiary/aromatic N) is 2. The molecule has 2 N–H and O–H groups in total. The molecule has 1 aromatic heterocycles. The topological polar surface area (TPSA) is 89.0 Å². The number of esters is 1. The minimum absolute atomic E-state index is 0.196. The second-order valence-corrected chi connectivity index (χ2v) is 3.05. The predicted molar refractivity (Wildman–Crippen MR) is 52.2 cm³/mol. The number of rotatable bonds is 2. The Labute approximate surface area is 88.6 Å². The molecule has 0 spiro atoms. The van der Waals surface area contributed by atoms with Gasteiger partial charge in [-0.1, -0.05) is 0 Å². The molecule has 0 unspecified atom stereocenters. The summed E-state index contributed by atoms with van der Waals surface area (Å²) in [6.45, 7) is -0.293. The Morgan fingerprint density at radius 2 is 2.50 bits per heavy atom. The highest BCUT2D eigenvalue weighted by Gasteiger charge is 2.13. The lowest BCUT2D eigenvalue weighted by atomic mass is 10.2. The van der Waals surface area contributed by atoms with Gasteiger partial charge in [0.05, 0.1) is 11.3 Å². The van der Waals surface area contributed by atoms with Gasteiger partial charge in [-0.2, -0.15) is 5.26 Å². The quantitative estimate of drug-likeness (QED) is 0.632. The lowest BCUT2D eigenvalue weighted by Gasteiger charge is -2.04. The molecule has 0 aromatic carbocycles. The van der Waals surface area contributed by atoms with Crippen LogP contribution in [0.5, 0.6) is 0 Å². The van der Waals surface area contributed by atoms with Crippen molar-refractivity contribution in [1.29, 1.82) is 5.26 Å². The zero-order valence-electron chi connectivity index (χ0n) is 7.03. The van der Waals surface area contributed by atoms with E-state index in [1.807, 2.05) is 0 Å². The summed E-state index contributed by atoms with van der Waals surface area (Å²) in [7, 11) is 0. The first-order chi connectivity index (χ1) is 6.66. The summed E-state index contributed by atoms with van der Waals surface area (Å²) in [6.07, 6.45) is 1.42. The molecular weight excluding hydrogens is 250 g/mol. The highest BCUT2D eigenvalue weighted by Crippen LogP contribution is 2.20. The first-order valence-corrected chi connectivity index (χ1v) is 4.40. The van der Waals surface area contributed by atoms with Crippen molar-refractivity contribution in [2.75, 3.05) is 12.3 Å². The molecule has 0 saturated heterocycles. The molecule has 6 heteroatoms. The number of anilines is 1. The summed E-state index contributed by atoms with van der Waals surface area (Å²) >= 11 is 3.07. The molecule has 0 fully saturated rings. The predicted octanol–water partition coefficient (Wildman–Crippen LogP) is 1.11. The number of ether oxygens (including phenoxy) is 1. The normalized spacial score (nSPS) is 9.14. The third kappa shape index (κ3) is 2.20. The summed E-state index contributed by atoms with van der Waals surface area (Å²) in [5, 5.41) is 8.21. The molecule has 0 saturated carbocycles. The largest absolute Gasteiger partial charge is 0.447 e. The van der Waals surface area contributed by atoms with Gasteiger partial charge in [0.1, 0.15) is 10.7 Å². The van der Waals surface area contributed by atoms with Crippen LogP contribution in [0.15, 0.2) is 16.9 Å². The van der Waals surface area contributed by atoms with Crippen molar-refractivity contribution in [2.24, 2.45) is 0 Å². The van der Waals surface area contributed by atoms with E-state index in [2.05, 4.69) is 25.7 Å². The molecule has 0 atom stereocenters. The first kappa shape index (κ1) is 10.5. The maximum absolute atomic E-state index is 11.3. The molecule has 0 amide bonds. The number of nitriles is 1. The van der Waals surface area contributed by atoms with Crippen molar-refractivity contribution in [2.45, 2.75) is 0 Å². The SMILES string of the molecule is N#CCOC(=O)c1ccnc(Br)c1N. The minimum atomic E-state index is -0.632. The third-order valence-corrected chi connectivity index (χ3v) is 2.06. The molecule has 0 aliphatic rings. The molecule has 5 nitrogen and oxygen atoms in total. The second-order valence-electron chi connectivity index (χ2n) is 2.30. The van der Waals surface area contributed by atoms with Gasteiger partial charge in [-0.15, -0.1) is 0 Å². The average Bonchev–Trinajstić information content (AvgIpc) is 2.18. The fourth-order valence-electron chi connectivity index (χ4n) is 0.801. The van der Waals surface area contributed by atoms with Gasteiger partial charge >= 0.3 is 5.97 Å². The Morgan fingerprint density at radius 1 is 1.79 bits per heavy atom. The highest BCUT2D eigenvalue weighted by atomic mass is 79.9. The molecule has 0 bridgehead atoms. The Hall–Kier alpha value is -1.61. The Kier molecular flexibility index (Phi) is 3.42. The molecule has 0 radical (unpaired) electrons. The van der Waals surface area contributed by atoms with Crippen LogP contribution in [0.25, 0.3) is 0 Å². The van der Waals surface area contributed by atoms with Crippen molar-refractivity contribution in [1.82, 2.24) is 4.98 Å². The van der Waals surface area contributed by atoms with E-state index in [1.165, 1.54) is 12.3 Å². The molecule has 1 heterocycles. The van der Waals surface area contributed by atoms with Crippen LogP contribution in [0.1, 0.15) is 10.4 Å². The van der Waals surface area contributed by atoms with Gasteiger partial charge in [0.2, 0.25) is 0 Å². The minimum Gasteiger partial charge on any atom is -0.447 e. The molecule has 0 aliphatic carbocycles. The van der Waals surface area contributed by atoms with Gasteiger partial charge in [0, 0.05) is 6.20 Å². The van der Waals surface area contributed by atoms with Crippen LogP contribution in [-0.4, -0.2) is 17.6 Å². The van der Waals surface area contributed by atoms with Gasteiger partial charge in [-0.3, -0.25) is 0 Å². The van der Waals surface area contributed by atoms with Gasteiger partial charge in [0.25, 0.3) is 0 Å². The Bertz CT molecular complexity index is 400. The lowest BCUT2D eigenvalue weighted by molar-refractivity contribution is 0.0556. The fraction of sp³-hybridized carbons (Fsp3) is 0.125. The number of hydrogen-bond donors (Lipinski definition) is 1. The van der Waals surface area contributed by atoms with E-state index >= 15 is 0 Å². The van der Waals surface area contributed by atoms with Gasteiger partial charge in [-0.25, -0.2) is 9.78 Å². The van der Waals surface area contributed by atoms with E-state index in [4.69, 9.17) is 11.0 Å². The van der Waals surface area contributed by atoms with E-state index < -0.39 is 5.97 Å². The zero-order chi connectivity index (χ0) is 10.6. The van der Waals surface area contributed by atoms with Crippen molar-refractivity contribution in [3.63, 3.8) is 0 Å². The number of halogens is 1. The molecule has 1 aromatic rings. The van der Waals surface area contributed by atoms with E-state index in [1.54, 1.807) is 6.07 Å². The summed E-state index contributed by atoms with van der Waals surface area (Å²) < 4.78 is 4.96. The average molecular weight is 256 g/mol. The summed E-state index contributed by atoms with van der Waals surface area (Å²) in [6, 6.07) is 3.12. The van der Waals surface area contributed by atoms with Crippen LogP contribution in [0.4, 0.5) is 5.69 Å². The maximum atomic E-state index is 11.3. The van der Waals surface area contributed by atoms with Crippen LogP contribution in [0.3, 0.4) is 0 Å². The van der Waals surface area contributed by atoms with E-state index in [0.29, 0.717) is 4.60 Å². The standard InChI is InChI=1S/C8H6BrN3O2/c9-7-6(11)5(1-3-12-7)8(13)14-4-2-10/h1,3H,4,11H2. The Balaban J connectivity index is 2.91. The molecule has 72 valence electrons. The van der Waals surface area contributed by atoms with Crippen LogP contribution < -0.4 is 5.73 Å². The van der Waals surface area contributed by atoms with Crippen molar-refractivity contribution >= 4 is 27.6 Å². The monoisotopic (exact) mass is 255 g/mol. The summed E-state index contributed by atoms with van der Waals surface area (Å²) in [5.41, 5.74) is 5.96. The fourth-order valence-corrected chi connectivity index (χ4v) is 1.13. The van der Waals surface area contributed by atoms with Gasteiger partial charge in [0.15, 0.2) is 6.61 Å². The first-order valence-electron chi connectivity index (χ1n) is 3.61. The van der Waals surface area contributed by atoms with Crippen molar-refractivity contribution in [3.8, 4) is 6.07 Å². The van der Waals surface area contributed by atoms with E-state index in [0.717, 1.165) is 0 Å². The molecule has 0 aliphatic heterocycles. The summed E-state index contributed by atoms with van der Waals surface area (Å²) in [4.78, 5) is 15.1. The van der Waals surface area contributed by atoms with Crippen LogP contribution in [0.2, 0.25) is 0 Å². The number of nitrogens with two attached hydrogens (primary N) is 1. The third-order valence-electron chi connectivity index (χ3n) is 1.43. The molecule has 14 heavy (non-hydrogen) atoms. The summed E-state index contributed by atoms with van der Waals surface area (Å²) in [5.74, 6) is -0.632. The zero-order valence-corrected chi connectivity index (χ0v) is 8.61. The number of pyridine rings is 1. The van der Waals surface area contributed by atoms with Crippen molar-refractivity contribution in [3.05, 3.63) is 22.4 Å². The molecule has 1 rings (SSSR count). The van der Waals surface area contributed by atoms with E-state index in [-0.39, 0.29) is 17.9 Å². The smallest absolute Gasteiger partial charge is 0.341 e. The van der Waals surface area contributed by atoms with Crippen LogP contribution >= 0.6 is 15.9 Å². The van der Waals surface area contributed by atoms with Gasteiger partial charge in [-0.05, 0) is 22.0 Å². The lowest BCUT2D eigenvalue weighted by Crippen LogP contribution is -2.09. The van der Waals surface area contributed by atoms with Gasteiger partial charge < -0.3 is 10.5 Å². The van der Waals surface area contributed by atoms with Crippen LogP contribution in [0, 0.1) is 11.3 Å². The Morgan fingerprint density at radius 3 is 3.14 bits per heavy atom. The maximum Gasteiger partial charge on any atom is 0.341 e. The van der Waals surface area contributed by atoms with Crippen molar-refractivity contribution < 1.29 is 9.53 Å². The number of carbonyl (C=O) groups is 1. The van der Waals surface area contributed by atoms with Crippen LogP contribution in [-0.2, 0) is 4.74 Å². The van der Waals surface area contributed by atoms with E-state index in [9.17, 15) is 4.79 Å². The highest BCUT2D eigenvalue weighted by molar-refractivity contribution is 9.10. The second kappa shape index (κ2) is 4.58. The number of hydrogen-bond acceptors (Lipinski definition) is 5. The number of nitrogen functional groups attached to an aromatic ring is 1. The number of aromatic nitrogens is 1. The molecular formula is C8H6BrN3O2.